The van der Waals surface area contributed by atoms with Gasteiger partial charge in [-0.1, -0.05) is 17.8 Å². The maximum atomic E-state index is 7.52. The van der Waals surface area contributed by atoms with E-state index in [0.29, 0.717) is 0 Å². The van der Waals surface area contributed by atoms with E-state index in [-0.39, 0.29) is 5.84 Å². The molecule has 3 N–H and O–H groups in total. The van der Waals surface area contributed by atoms with Gasteiger partial charge in [0.05, 0.1) is 0 Å². The number of nitrogens with two attached hydrogens (primary N) is 1. The summed E-state index contributed by atoms with van der Waals surface area (Å²) in [6.07, 6.45) is 1.77. The van der Waals surface area contributed by atoms with Crippen LogP contribution in [0, 0.1) is 12.3 Å². The maximum Gasteiger partial charge on any atom is 0.154 e. The summed E-state index contributed by atoms with van der Waals surface area (Å²) in [5.74, 6) is 0.0963. The number of aryl methyl sites for hydroxylation is 1. The van der Waals surface area contributed by atoms with Crippen LogP contribution in [0.3, 0.4) is 0 Å². The molecular formula is C11H11N3S2. The Morgan fingerprint density at radius 1 is 1.50 bits per heavy atom. The Labute approximate surface area is 102 Å². The molecule has 0 bridgehead atoms. The monoisotopic (exact) mass is 249 g/mol. The van der Waals surface area contributed by atoms with Gasteiger partial charge in [0, 0.05) is 22.0 Å². The van der Waals surface area contributed by atoms with Gasteiger partial charge in [0.15, 0.2) is 4.34 Å². The number of nitrogen functional groups attached to an aromatic ring is 1. The zero-order chi connectivity index (χ0) is 11.5. The van der Waals surface area contributed by atoms with E-state index in [1.807, 2.05) is 30.5 Å². The summed E-state index contributed by atoms with van der Waals surface area (Å²) in [4.78, 5) is 5.20. The van der Waals surface area contributed by atoms with Crippen molar-refractivity contribution in [3.8, 4) is 0 Å². The summed E-state index contributed by atoms with van der Waals surface area (Å²) < 4.78 is 0.966. The molecule has 1 heterocycles. The summed E-state index contributed by atoms with van der Waals surface area (Å²) in [5.41, 5.74) is 7.47. The van der Waals surface area contributed by atoms with Crippen molar-refractivity contribution in [2.45, 2.75) is 16.2 Å². The number of aromatic nitrogens is 1. The summed E-state index contributed by atoms with van der Waals surface area (Å²) in [5, 5.41) is 9.46. The minimum absolute atomic E-state index is 0.0963. The minimum atomic E-state index is 0.0963. The van der Waals surface area contributed by atoms with Crippen molar-refractivity contribution >= 4 is 28.9 Å². The lowest BCUT2D eigenvalue weighted by Crippen LogP contribution is -2.12. The van der Waals surface area contributed by atoms with Crippen molar-refractivity contribution in [2.24, 2.45) is 5.73 Å². The highest BCUT2D eigenvalue weighted by atomic mass is 32.2. The van der Waals surface area contributed by atoms with Crippen molar-refractivity contribution in [2.75, 3.05) is 0 Å². The number of nitrogens with zero attached hydrogens (tertiary/aromatic N) is 1. The molecule has 0 unspecified atom stereocenters. The number of hydrogen-bond acceptors (Lipinski definition) is 4. The molecule has 0 amide bonds. The molecule has 0 aliphatic heterocycles. The van der Waals surface area contributed by atoms with Crippen molar-refractivity contribution in [1.82, 2.24) is 4.98 Å². The molecule has 2 rings (SSSR count). The average molecular weight is 249 g/mol. The van der Waals surface area contributed by atoms with Crippen LogP contribution in [0.1, 0.15) is 11.1 Å². The van der Waals surface area contributed by atoms with Crippen molar-refractivity contribution in [3.05, 3.63) is 40.9 Å². The quantitative estimate of drug-likeness (QED) is 0.649. The Balaban J connectivity index is 2.38. The first kappa shape index (κ1) is 11.2. The molecule has 16 heavy (non-hydrogen) atoms. The van der Waals surface area contributed by atoms with E-state index in [1.165, 1.54) is 0 Å². The zero-order valence-electron chi connectivity index (χ0n) is 8.73. The molecule has 0 radical (unpaired) electrons. The molecular weight excluding hydrogens is 238 g/mol. The van der Waals surface area contributed by atoms with E-state index in [2.05, 4.69) is 4.98 Å². The van der Waals surface area contributed by atoms with Gasteiger partial charge in [-0.05, 0) is 24.6 Å². The van der Waals surface area contributed by atoms with Gasteiger partial charge in [0.25, 0.3) is 0 Å². The van der Waals surface area contributed by atoms with Crippen LogP contribution in [-0.2, 0) is 0 Å². The normalized spacial score (nSPS) is 10.3. The highest BCUT2D eigenvalue weighted by molar-refractivity contribution is 8.01. The Morgan fingerprint density at radius 2 is 2.31 bits per heavy atom. The van der Waals surface area contributed by atoms with Crippen LogP contribution in [0.2, 0.25) is 0 Å². The molecule has 0 spiro atoms. The van der Waals surface area contributed by atoms with E-state index in [9.17, 15) is 0 Å². The standard InChI is InChI=1S/C11H11N3S2/c1-7-2-3-8(10(12)13)9(6-7)16-11-14-4-5-15-11/h2-6H,1H3,(H3,12,13). The topological polar surface area (TPSA) is 62.8 Å². The van der Waals surface area contributed by atoms with Gasteiger partial charge in [0.1, 0.15) is 5.84 Å². The molecule has 2 aromatic rings. The summed E-state index contributed by atoms with van der Waals surface area (Å²) in [7, 11) is 0. The third-order valence-corrected chi connectivity index (χ3v) is 3.98. The number of benzene rings is 1. The molecule has 0 saturated heterocycles. The Kier molecular flexibility index (Phi) is 3.26. The molecule has 82 valence electrons. The number of rotatable bonds is 3. The van der Waals surface area contributed by atoms with Crippen LogP contribution in [0.15, 0.2) is 39.0 Å². The molecule has 0 saturated carbocycles. The lowest BCUT2D eigenvalue weighted by Gasteiger charge is -2.07. The SMILES string of the molecule is Cc1ccc(C(=N)N)c(Sc2nccs2)c1. The molecule has 1 aromatic heterocycles. The number of amidine groups is 1. The second-order valence-corrected chi connectivity index (χ2v) is 5.50. The lowest BCUT2D eigenvalue weighted by atomic mass is 10.1. The first-order chi connectivity index (χ1) is 7.66. The third-order valence-electron chi connectivity index (χ3n) is 2.03. The van der Waals surface area contributed by atoms with E-state index in [1.54, 1.807) is 29.3 Å². The molecule has 0 aliphatic carbocycles. The fourth-order valence-corrected chi connectivity index (χ4v) is 3.11. The molecule has 1 aromatic carbocycles. The highest BCUT2D eigenvalue weighted by Crippen LogP contribution is 2.32. The first-order valence-electron chi connectivity index (χ1n) is 4.69. The molecule has 0 aliphatic rings. The fraction of sp³-hybridized carbons (Fsp3) is 0.0909. The number of nitrogens with one attached hydrogen (secondary N) is 1. The predicted molar refractivity (Wildman–Crippen MR) is 68.4 cm³/mol. The van der Waals surface area contributed by atoms with Crippen LogP contribution in [0.5, 0.6) is 0 Å². The summed E-state index contributed by atoms with van der Waals surface area (Å²) in [6.45, 7) is 2.02. The Hall–Kier alpha value is -1.33. The summed E-state index contributed by atoms with van der Waals surface area (Å²) in [6, 6.07) is 5.87. The second kappa shape index (κ2) is 4.67. The van der Waals surface area contributed by atoms with Crippen LogP contribution >= 0.6 is 23.1 Å². The minimum Gasteiger partial charge on any atom is -0.384 e. The van der Waals surface area contributed by atoms with E-state index in [0.717, 1.165) is 20.4 Å². The second-order valence-electron chi connectivity index (χ2n) is 3.31. The largest absolute Gasteiger partial charge is 0.384 e. The third kappa shape index (κ3) is 2.43. The Bertz CT molecular complexity index is 506. The molecule has 5 heteroatoms. The van der Waals surface area contributed by atoms with Gasteiger partial charge in [0.2, 0.25) is 0 Å². The van der Waals surface area contributed by atoms with Crippen LogP contribution in [0.4, 0.5) is 0 Å². The first-order valence-corrected chi connectivity index (χ1v) is 6.39. The van der Waals surface area contributed by atoms with Crippen molar-refractivity contribution < 1.29 is 0 Å². The van der Waals surface area contributed by atoms with E-state index in [4.69, 9.17) is 11.1 Å². The van der Waals surface area contributed by atoms with Gasteiger partial charge < -0.3 is 5.73 Å². The van der Waals surface area contributed by atoms with Crippen LogP contribution in [-0.4, -0.2) is 10.8 Å². The van der Waals surface area contributed by atoms with Gasteiger partial charge in [-0.2, -0.15) is 0 Å². The van der Waals surface area contributed by atoms with Gasteiger partial charge >= 0.3 is 0 Å². The highest BCUT2D eigenvalue weighted by Gasteiger charge is 2.08. The maximum absolute atomic E-state index is 7.52. The predicted octanol–water partition coefficient (Wildman–Crippen LogP) is 2.89. The van der Waals surface area contributed by atoms with Crippen molar-refractivity contribution in [3.63, 3.8) is 0 Å². The molecule has 0 atom stereocenters. The van der Waals surface area contributed by atoms with Gasteiger partial charge in [-0.3, -0.25) is 5.41 Å². The van der Waals surface area contributed by atoms with Crippen molar-refractivity contribution in [1.29, 1.82) is 5.41 Å². The smallest absolute Gasteiger partial charge is 0.154 e. The van der Waals surface area contributed by atoms with Crippen LogP contribution in [0.25, 0.3) is 0 Å². The zero-order valence-corrected chi connectivity index (χ0v) is 10.4. The Morgan fingerprint density at radius 3 is 2.94 bits per heavy atom. The van der Waals surface area contributed by atoms with E-state index < -0.39 is 0 Å². The van der Waals surface area contributed by atoms with E-state index >= 15 is 0 Å². The van der Waals surface area contributed by atoms with Crippen LogP contribution < -0.4 is 5.73 Å². The lowest BCUT2D eigenvalue weighted by molar-refractivity contribution is 1.23. The average Bonchev–Trinajstić information content (AvgIpc) is 2.70. The number of thiazole rings is 1. The number of hydrogen-bond donors (Lipinski definition) is 2. The fourth-order valence-electron chi connectivity index (χ4n) is 1.29. The molecule has 3 nitrogen and oxygen atoms in total. The summed E-state index contributed by atoms with van der Waals surface area (Å²) >= 11 is 3.13. The van der Waals surface area contributed by atoms with Gasteiger partial charge in [-0.15, -0.1) is 11.3 Å². The molecule has 0 fully saturated rings. The van der Waals surface area contributed by atoms with Gasteiger partial charge in [-0.25, -0.2) is 4.98 Å².